The van der Waals surface area contributed by atoms with Crippen LogP contribution in [0.4, 0.5) is 5.69 Å². The van der Waals surface area contributed by atoms with Gasteiger partial charge in [-0.1, -0.05) is 35.9 Å². The lowest BCUT2D eigenvalue weighted by atomic mass is 10.1. The number of aryl methyl sites for hydroxylation is 2. The van der Waals surface area contributed by atoms with Gasteiger partial charge in [-0.25, -0.2) is 0 Å². The van der Waals surface area contributed by atoms with Gasteiger partial charge >= 0.3 is 5.97 Å². The Morgan fingerprint density at radius 1 is 1.16 bits per heavy atom. The molecular formula is C20H19NO4. The molecule has 0 bridgehead atoms. The maximum Gasteiger partial charge on any atom is 0.305 e. The highest BCUT2D eigenvalue weighted by molar-refractivity contribution is 6.10. The molecule has 0 unspecified atom stereocenters. The SMILES string of the molecule is Cc1cccc(/C=C2/Oc3ccc(C)cc3N(CCC(=O)O)C2=O)c1. The fraction of sp³-hybridized carbons (Fsp3) is 0.200. The van der Waals surface area contributed by atoms with E-state index >= 15 is 0 Å². The second-order valence-electron chi connectivity index (χ2n) is 6.10. The van der Waals surface area contributed by atoms with Gasteiger partial charge in [0.2, 0.25) is 0 Å². The normalized spacial score (nSPS) is 15.0. The maximum absolute atomic E-state index is 12.8. The van der Waals surface area contributed by atoms with Crippen molar-refractivity contribution in [1.82, 2.24) is 0 Å². The molecule has 0 atom stereocenters. The Morgan fingerprint density at radius 3 is 2.64 bits per heavy atom. The summed E-state index contributed by atoms with van der Waals surface area (Å²) in [7, 11) is 0. The van der Waals surface area contributed by atoms with Gasteiger partial charge in [-0.2, -0.15) is 0 Å². The molecule has 25 heavy (non-hydrogen) atoms. The van der Waals surface area contributed by atoms with E-state index in [1.807, 2.05) is 50.2 Å². The zero-order valence-corrected chi connectivity index (χ0v) is 14.2. The lowest BCUT2D eigenvalue weighted by molar-refractivity contribution is -0.136. The minimum Gasteiger partial charge on any atom is -0.481 e. The molecule has 5 heteroatoms. The number of hydrogen-bond acceptors (Lipinski definition) is 3. The third-order valence-corrected chi connectivity index (χ3v) is 3.97. The predicted molar refractivity (Wildman–Crippen MR) is 95.6 cm³/mol. The van der Waals surface area contributed by atoms with E-state index in [2.05, 4.69) is 0 Å². The van der Waals surface area contributed by atoms with Crippen LogP contribution in [-0.4, -0.2) is 23.5 Å². The molecule has 0 fully saturated rings. The summed E-state index contributed by atoms with van der Waals surface area (Å²) in [6.07, 6.45) is 1.56. The number of fused-ring (bicyclic) bond motifs is 1. The topological polar surface area (TPSA) is 66.8 Å². The standard InChI is InChI=1S/C20H19NO4/c1-13-4-3-5-15(10-13)12-18-20(24)21(9-8-19(22)23)16-11-14(2)6-7-17(16)25-18/h3-7,10-12H,8-9H2,1-2H3,(H,22,23)/b18-12+. The van der Waals surface area contributed by atoms with Crippen LogP contribution in [0.5, 0.6) is 5.75 Å². The second kappa shape index (κ2) is 6.81. The van der Waals surface area contributed by atoms with Crippen molar-refractivity contribution in [3.63, 3.8) is 0 Å². The highest BCUT2D eigenvalue weighted by Crippen LogP contribution is 2.36. The van der Waals surface area contributed by atoms with Gasteiger partial charge in [-0.05, 0) is 43.2 Å². The van der Waals surface area contributed by atoms with E-state index < -0.39 is 5.97 Å². The Hall–Kier alpha value is -3.08. The van der Waals surface area contributed by atoms with Gasteiger partial charge in [-0.15, -0.1) is 0 Å². The maximum atomic E-state index is 12.8. The van der Waals surface area contributed by atoms with Crippen LogP contribution in [0.15, 0.2) is 48.2 Å². The Morgan fingerprint density at radius 2 is 1.92 bits per heavy atom. The molecule has 1 heterocycles. The largest absolute Gasteiger partial charge is 0.481 e. The molecule has 1 N–H and O–H groups in total. The van der Waals surface area contributed by atoms with Gasteiger partial charge in [0.05, 0.1) is 12.1 Å². The summed E-state index contributed by atoms with van der Waals surface area (Å²) >= 11 is 0. The number of carboxylic acids is 1. The van der Waals surface area contributed by atoms with Crippen molar-refractivity contribution in [3.05, 3.63) is 64.9 Å². The first-order valence-electron chi connectivity index (χ1n) is 8.04. The number of anilines is 1. The highest BCUT2D eigenvalue weighted by atomic mass is 16.5. The smallest absolute Gasteiger partial charge is 0.305 e. The van der Waals surface area contributed by atoms with Crippen molar-refractivity contribution < 1.29 is 19.4 Å². The molecule has 0 saturated carbocycles. The summed E-state index contributed by atoms with van der Waals surface area (Å²) in [5.41, 5.74) is 3.52. The van der Waals surface area contributed by atoms with Gasteiger partial charge in [0.15, 0.2) is 11.5 Å². The van der Waals surface area contributed by atoms with E-state index in [1.165, 1.54) is 4.90 Å². The molecule has 1 amide bonds. The number of carboxylic acid groups (broad SMARTS) is 1. The lowest BCUT2D eigenvalue weighted by Gasteiger charge is -2.30. The average Bonchev–Trinajstić information content (AvgIpc) is 2.55. The van der Waals surface area contributed by atoms with E-state index in [1.54, 1.807) is 12.1 Å². The predicted octanol–water partition coefficient (Wildman–Crippen LogP) is 3.54. The van der Waals surface area contributed by atoms with Crippen LogP contribution < -0.4 is 9.64 Å². The zero-order valence-electron chi connectivity index (χ0n) is 14.2. The van der Waals surface area contributed by atoms with Crippen molar-refractivity contribution >= 4 is 23.6 Å². The number of ether oxygens (including phenoxy) is 1. The third-order valence-electron chi connectivity index (χ3n) is 3.97. The van der Waals surface area contributed by atoms with Gasteiger partial charge < -0.3 is 14.7 Å². The first kappa shape index (κ1) is 16.8. The summed E-state index contributed by atoms with van der Waals surface area (Å²) in [4.78, 5) is 25.3. The van der Waals surface area contributed by atoms with Crippen molar-refractivity contribution in [2.75, 3.05) is 11.4 Å². The van der Waals surface area contributed by atoms with Crippen molar-refractivity contribution in [2.24, 2.45) is 0 Å². The number of rotatable bonds is 4. The zero-order chi connectivity index (χ0) is 18.0. The van der Waals surface area contributed by atoms with Gasteiger partial charge in [-0.3, -0.25) is 9.59 Å². The molecule has 2 aromatic rings. The quantitative estimate of drug-likeness (QED) is 0.867. The van der Waals surface area contributed by atoms with Crippen LogP contribution in [0, 0.1) is 13.8 Å². The number of amides is 1. The third kappa shape index (κ3) is 3.71. The molecule has 0 aromatic heterocycles. The number of carbonyl (C=O) groups is 2. The van der Waals surface area contributed by atoms with Crippen LogP contribution >= 0.6 is 0 Å². The minimum atomic E-state index is -0.947. The van der Waals surface area contributed by atoms with Gasteiger partial charge in [0.25, 0.3) is 5.91 Å². The summed E-state index contributed by atoms with van der Waals surface area (Å²) < 4.78 is 5.80. The van der Waals surface area contributed by atoms with Crippen LogP contribution in [0.2, 0.25) is 0 Å². The second-order valence-corrected chi connectivity index (χ2v) is 6.10. The number of hydrogen-bond donors (Lipinski definition) is 1. The molecule has 0 saturated heterocycles. The summed E-state index contributed by atoms with van der Waals surface area (Å²) in [6.45, 7) is 3.99. The summed E-state index contributed by atoms with van der Waals surface area (Å²) in [5, 5.41) is 8.98. The number of nitrogens with zero attached hydrogens (tertiary/aromatic N) is 1. The molecular weight excluding hydrogens is 318 g/mol. The molecule has 3 rings (SSSR count). The number of carbonyl (C=O) groups excluding carboxylic acids is 1. The first-order valence-corrected chi connectivity index (χ1v) is 8.04. The Balaban J connectivity index is 2.01. The van der Waals surface area contributed by atoms with E-state index in [0.717, 1.165) is 16.7 Å². The molecule has 128 valence electrons. The molecule has 1 aliphatic rings. The molecule has 5 nitrogen and oxygen atoms in total. The van der Waals surface area contributed by atoms with E-state index in [0.29, 0.717) is 11.4 Å². The molecule has 1 aliphatic heterocycles. The van der Waals surface area contributed by atoms with E-state index in [4.69, 9.17) is 9.84 Å². The number of benzene rings is 2. The summed E-state index contributed by atoms with van der Waals surface area (Å²) in [5.74, 6) is -0.541. The molecule has 0 aliphatic carbocycles. The average molecular weight is 337 g/mol. The Labute approximate surface area is 146 Å². The van der Waals surface area contributed by atoms with Crippen molar-refractivity contribution in [2.45, 2.75) is 20.3 Å². The van der Waals surface area contributed by atoms with Gasteiger partial charge in [0, 0.05) is 6.54 Å². The van der Waals surface area contributed by atoms with E-state index in [9.17, 15) is 9.59 Å². The van der Waals surface area contributed by atoms with Gasteiger partial charge in [0.1, 0.15) is 0 Å². The molecule has 0 spiro atoms. The monoisotopic (exact) mass is 337 g/mol. The van der Waals surface area contributed by atoms with Crippen molar-refractivity contribution in [1.29, 1.82) is 0 Å². The summed E-state index contributed by atoms with van der Waals surface area (Å²) in [6, 6.07) is 13.3. The minimum absolute atomic E-state index is 0.0964. The van der Waals surface area contributed by atoms with Crippen molar-refractivity contribution in [3.8, 4) is 5.75 Å². The molecule has 0 radical (unpaired) electrons. The van der Waals surface area contributed by atoms with E-state index in [-0.39, 0.29) is 24.6 Å². The highest BCUT2D eigenvalue weighted by Gasteiger charge is 2.30. The lowest BCUT2D eigenvalue weighted by Crippen LogP contribution is -2.38. The van der Waals surface area contributed by atoms with Crippen LogP contribution in [0.3, 0.4) is 0 Å². The van der Waals surface area contributed by atoms with Crippen LogP contribution in [0.25, 0.3) is 6.08 Å². The fourth-order valence-electron chi connectivity index (χ4n) is 2.76. The Bertz CT molecular complexity index is 870. The fourth-order valence-corrected chi connectivity index (χ4v) is 2.76. The first-order chi connectivity index (χ1) is 11.9. The molecule has 2 aromatic carbocycles. The number of aliphatic carboxylic acids is 1. The van der Waals surface area contributed by atoms with Crippen LogP contribution in [0.1, 0.15) is 23.1 Å². The van der Waals surface area contributed by atoms with Crippen LogP contribution in [-0.2, 0) is 9.59 Å². The Kier molecular flexibility index (Phi) is 4.57.